The number of benzene rings is 1. The normalized spacial score (nSPS) is 11.0. The molecule has 2 aromatic heterocycles. The van der Waals surface area contributed by atoms with Gasteiger partial charge in [0.1, 0.15) is 16.3 Å². The average Bonchev–Trinajstić information content (AvgIpc) is 3.19. The van der Waals surface area contributed by atoms with Crippen LogP contribution in [0, 0.1) is 0 Å². The topological polar surface area (TPSA) is 54.2 Å². The first-order chi connectivity index (χ1) is 11.7. The maximum absolute atomic E-state index is 5.61. The van der Waals surface area contributed by atoms with Crippen molar-refractivity contribution in [2.45, 2.75) is 13.5 Å². The summed E-state index contributed by atoms with van der Waals surface area (Å²) in [6, 6.07) is 5.84. The van der Waals surface area contributed by atoms with Gasteiger partial charge >= 0.3 is 0 Å². The highest BCUT2D eigenvalue weighted by atomic mass is 32.1. The first-order valence-electron chi connectivity index (χ1n) is 7.56. The number of rotatable bonds is 7. The minimum atomic E-state index is 0.512. The molecule has 0 aliphatic heterocycles. The van der Waals surface area contributed by atoms with E-state index in [-0.39, 0.29) is 0 Å². The van der Waals surface area contributed by atoms with Crippen LogP contribution >= 0.6 is 11.3 Å². The molecule has 0 spiro atoms. The zero-order chi connectivity index (χ0) is 17.1. The average molecular weight is 348 g/mol. The number of aromatic nitrogens is 2. The number of fused-ring (bicyclic) bond motifs is 1. The smallest absolute Gasteiger partial charge is 0.234 e. The van der Waals surface area contributed by atoms with Crippen LogP contribution in [0.5, 0.6) is 17.4 Å². The Labute approximate surface area is 144 Å². The second kappa shape index (κ2) is 7.11. The highest BCUT2D eigenvalue weighted by Crippen LogP contribution is 2.41. The van der Waals surface area contributed by atoms with Gasteiger partial charge in [0.25, 0.3) is 0 Å². The SMILES string of the molecule is CCOCc1cc(OC)c(-c2csc3cc(OC)nn23)c(OC)c1. The Bertz CT molecular complexity index is 815. The van der Waals surface area contributed by atoms with Gasteiger partial charge in [-0.05, 0) is 24.6 Å². The molecule has 128 valence electrons. The fraction of sp³-hybridized carbons (Fsp3) is 0.353. The predicted molar refractivity (Wildman–Crippen MR) is 93.5 cm³/mol. The highest BCUT2D eigenvalue weighted by molar-refractivity contribution is 7.16. The quantitative estimate of drug-likeness (QED) is 0.653. The number of nitrogens with zero attached hydrogens (tertiary/aromatic N) is 2. The van der Waals surface area contributed by atoms with Crippen molar-refractivity contribution >= 4 is 16.2 Å². The molecule has 0 N–H and O–H groups in total. The van der Waals surface area contributed by atoms with Crippen LogP contribution in [-0.2, 0) is 11.3 Å². The lowest BCUT2D eigenvalue weighted by Gasteiger charge is -2.15. The Balaban J connectivity index is 2.15. The Hall–Kier alpha value is -2.25. The summed E-state index contributed by atoms with van der Waals surface area (Å²) in [5, 5.41) is 6.49. The molecule has 7 heteroatoms. The summed E-state index contributed by atoms with van der Waals surface area (Å²) in [5.41, 5.74) is 2.76. The predicted octanol–water partition coefficient (Wildman–Crippen LogP) is 3.63. The van der Waals surface area contributed by atoms with Gasteiger partial charge in [-0.15, -0.1) is 16.4 Å². The van der Waals surface area contributed by atoms with Crippen LogP contribution < -0.4 is 14.2 Å². The largest absolute Gasteiger partial charge is 0.496 e. The summed E-state index contributed by atoms with van der Waals surface area (Å²) >= 11 is 1.59. The van der Waals surface area contributed by atoms with Gasteiger partial charge in [0.15, 0.2) is 0 Å². The van der Waals surface area contributed by atoms with E-state index in [0.717, 1.165) is 33.2 Å². The maximum Gasteiger partial charge on any atom is 0.234 e. The standard InChI is InChI=1S/C17H20N2O4S/c1-5-23-9-11-6-13(20-2)17(14(7-11)21-3)12-10-24-16-8-15(22-4)18-19(12)16/h6-8,10H,5,9H2,1-4H3. The summed E-state index contributed by atoms with van der Waals surface area (Å²) in [7, 11) is 4.90. The molecule has 1 aromatic carbocycles. The van der Waals surface area contributed by atoms with Gasteiger partial charge in [-0.25, -0.2) is 4.52 Å². The van der Waals surface area contributed by atoms with E-state index in [0.29, 0.717) is 19.1 Å². The first-order valence-corrected chi connectivity index (χ1v) is 8.44. The molecule has 2 heterocycles. The molecule has 0 saturated carbocycles. The fourth-order valence-electron chi connectivity index (χ4n) is 2.55. The fourth-order valence-corrected chi connectivity index (χ4v) is 3.41. The van der Waals surface area contributed by atoms with Crippen LogP contribution in [0.15, 0.2) is 23.6 Å². The number of hydrogen-bond donors (Lipinski definition) is 0. The van der Waals surface area contributed by atoms with Crippen molar-refractivity contribution < 1.29 is 18.9 Å². The van der Waals surface area contributed by atoms with E-state index in [4.69, 9.17) is 18.9 Å². The molecule has 6 nitrogen and oxygen atoms in total. The van der Waals surface area contributed by atoms with Crippen molar-refractivity contribution in [3.63, 3.8) is 0 Å². The van der Waals surface area contributed by atoms with Crippen LogP contribution in [0.2, 0.25) is 0 Å². The molecular weight excluding hydrogens is 328 g/mol. The summed E-state index contributed by atoms with van der Waals surface area (Å²) in [6.45, 7) is 3.14. The molecule has 0 aliphatic rings. The lowest BCUT2D eigenvalue weighted by atomic mass is 10.1. The molecule has 3 aromatic rings. The zero-order valence-electron chi connectivity index (χ0n) is 14.2. The van der Waals surface area contributed by atoms with Gasteiger partial charge in [0, 0.05) is 18.1 Å². The molecule has 24 heavy (non-hydrogen) atoms. The number of hydrogen-bond acceptors (Lipinski definition) is 6. The lowest BCUT2D eigenvalue weighted by Crippen LogP contribution is -2.00. The maximum atomic E-state index is 5.61. The second-order valence-electron chi connectivity index (χ2n) is 5.07. The van der Waals surface area contributed by atoms with E-state index >= 15 is 0 Å². The van der Waals surface area contributed by atoms with Crippen LogP contribution in [0.4, 0.5) is 0 Å². The van der Waals surface area contributed by atoms with E-state index in [2.05, 4.69) is 5.10 Å². The highest BCUT2D eigenvalue weighted by Gasteiger charge is 2.20. The van der Waals surface area contributed by atoms with Gasteiger partial charge < -0.3 is 18.9 Å². The third-order valence-electron chi connectivity index (χ3n) is 3.68. The Morgan fingerprint density at radius 2 is 1.75 bits per heavy atom. The zero-order valence-corrected chi connectivity index (χ0v) is 15.0. The van der Waals surface area contributed by atoms with Gasteiger partial charge in [0.05, 0.1) is 39.2 Å². The molecule has 0 atom stereocenters. The summed E-state index contributed by atoms with van der Waals surface area (Å²) in [4.78, 5) is 0.990. The van der Waals surface area contributed by atoms with Crippen molar-refractivity contribution in [3.8, 4) is 28.6 Å². The monoisotopic (exact) mass is 348 g/mol. The third-order valence-corrected chi connectivity index (χ3v) is 4.55. The van der Waals surface area contributed by atoms with Crippen LogP contribution in [0.25, 0.3) is 16.1 Å². The summed E-state index contributed by atoms with van der Waals surface area (Å²) < 4.78 is 23.8. The molecule has 0 fully saturated rings. The Morgan fingerprint density at radius 1 is 1.04 bits per heavy atom. The summed E-state index contributed by atoms with van der Waals surface area (Å²) in [5.74, 6) is 2.02. The van der Waals surface area contributed by atoms with Gasteiger partial charge in [-0.1, -0.05) is 0 Å². The molecular formula is C17H20N2O4S. The van der Waals surface area contributed by atoms with E-state index in [1.807, 2.05) is 35.0 Å². The molecule has 0 bridgehead atoms. The molecule has 0 unspecified atom stereocenters. The molecule has 0 amide bonds. The van der Waals surface area contributed by atoms with E-state index in [1.54, 1.807) is 32.7 Å². The van der Waals surface area contributed by atoms with Crippen molar-refractivity contribution in [2.75, 3.05) is 27.9 Å². The second-order valence-corrected chi connectivity index (χ2v) is 5.96. The molecule has 3 rings (SSSR count). The molecule has 0 saturated heterocycles. The number of thiazole rings is 1. The minimum absolute atomic E-state index is 0.512. The lowest BCUT2D eigenvalue weighted by molar-refractivity contribution is 0.133. The van der Waals surface area contributed by atoms with E-state index in [1.165, 1.54) is 0 Å². The van der Waals surface area contributed by atoms with Gasteiger partial charge in [-0.2, -0.15) is 0 Å². The van der Waals surface area contributed by atoms with Crippen molar-refractivity contribution in [3.05, 3.63) is 29.1 Å². The third kappa shape index (κ3) is 2.92. The first kappa shape index (κ1) is 16.6. The molecule has 0 aliphatic carbocycles. The number of ether oxygens (including phenoxy) is 4. The van der Waals surface area contributed by atoms with E-state index < -0.39 is 0 Å². The minimum Gasteiger partial charge on any atom is -0.496 e. The number of methoxy groups -OCH3 is 3. The Kier molecular flexibility index (Phi) is 4.92. The van der Waals surface area contributed by atoms with Crippen molar-refractivity contribution in [1.82, 2.24) is 9.61 Å². The van der Waals surface area contributed by atoms with Gasteiger partial charge in [0.2, 0.25) is 5.88 Å². The van der Waals surface area contributed by atoms with Crippen LogP contribution in [0.1, 0.15) is 12.5 Å². The van der Waals surface area contributed by atoms with Crippen molar-refractivity contribution in [2.24, 2.45) is 0 Å². The summed E-state index contributed by atoms with van der Waals surface area (Å²) in [6.07, 6.45) is 0. The molecule has 0 radical (unpaired) electrons. The van der Waals surface area contributed by atoms with Crippen LogP contribution in [-0.4, -0.2) is 37.6 Å². The Morgan fingerprint density at radius 3 is 2.33 bits per heavy atom. The van der Waals surface area contributed by atoms with Gasteiger partial charge in [-0.3, -0.25) is 0 Å². The van der Waals surface area contributed by atoms with Crippen LogP contribution in [0.3, 0.4) is 0 Å². The van der Waals surface area contributed by atoms with Crippen molar-refractivity contribution in [1.29, 1.82) is 0 Å². The van der Waals surface area contributed by atoms with E-state index in [9.17, 15) is 0 Å².